The van der Waals surface area contributed by atoms with E-state index in [0.717, 1.165) is 5.52 Å². The van der Waals surface area contributed by atoms with Crippen LogP contribution in [0.3, 0.4) is 0 Å². The van der Waals surface area contributed by atoms with Gasteiger partial charge in [0.15, 0.2) is 10.9 Å². The van der Waals surface area contributed by atoms with Gasteiger partial charge >= 0.3 is 0 Å². The number of H-pyrrole nitrogens is 1. The minimum absolute atomic E-state index is 0.0116. The second-order valence-corrected chi connectivity index (χ2v) is 8.72. The molecule has 0 spiro atoms. The summed E-state index contributed by atoms with van der Waals surface area (Å²) in [5.74, 6) is 0. The van der Waals surface area contributed by atoms with Gasteiger partial charge in [-0.05, 0) is 42.8 Å². The summed E-state index contributed by atoms with van der Waals surface area (Å²) in [5.41, 5.74) is 1.73. The normalized spacial score (nSPS) is 12.4. The molecule has 5 aromatic rings. The number of pyridine rings is 2. The minimum atomic E-state index is -4.55. The van der Waals surface area contributed by atoms with Gasteiger partial charge < -0.3 is 9.55 Å². The molecule has 0 saturated carbocycles. The van der Waals surface area contributed by atoms with Crippen molar-refractivity contribution in [2.45, 2.75) is 11.8 Å². The summed E-state index contributed by atoms with van der Waals surface area (Å²) in [4.78, 5) is 29.1. The molecule has 0 atom stereocenters. The van der Waals surface area contributed by atoms with E-state index in [1.165, 1.54) is 18.2 Å². The predicted octanol–water partition coefficient (Wildman–Crippen LogP) is 3.24. The number of aromatic nitrogens is 2. The molecular formula is C22H16N2O5S. The van der Waals surface area contributed by atoms with Gasteiger partial charge in [-0.15, -0.1) is 0 Å². The highest BCUT2D eigenvalue weighted by atomic mass is 32.2. The summed E-state index contributed by atoms with van der Waals surface area (Å²) in [6.45, 7) is 1.72. The zero-order valence-electron chi connectivity index (χ0n) is 16.1. The lowest BCUT2D eigenvalue weighted by Crippen LogP contribution is -2.14. The fraction of sp³-hybridized carbons (Fsp3) is 0.0909. The first-order valence-corrected chi connectivity index (χ1v) is 10.6. The molecule has 0 amide bonds. The molecule has 0 fully saturated rings. The summed E-state index contributed by atoms with van der Waals surface area (Å²) in [5, 5.41) is 1.48. The third kappa shape index (κ3) is 2.38. The second-order valence-electron chi connectivity index (χ2n) is 7.33. The van der Waals surface area contributed by atoms with Crippen LogP contribution in [0.1, 0.15) is 5.56 Å². The third-order valence-electron chi connectivity index (χ3n) is 5.70. The van der Waals surface area contributed by atoms with Crippen LogP contribution in [-0.4, -0.2) is 22.5 Å². The Labute approximate surface area is 169 Å². The zero-order valence-corrected chi connectivity index (χ0v) is 16.9. The molecule has 2 N–H and O–H groups in total. The molecule has 8 heteroatoms. The Balaban J connectivity index is 2.11. The Morgan fingerprint density at radius 3 is 2.30 bits per heavy atom. The maximum absolute atomic E-state index is 13.2. The number of rotatable bonds is 1. The van der Waals surface area contributed by atoms with Gasteiger partial charge in [0.1, 0.15) is 4.90 Å². The summed E-state index contributed by atoms with van der Waals surface area (Å²) < 4.78 is 35.1. The van der Waals surface area contributed by atoms with Crippen LogP contribution in [0.25, 0.3) is 43.6 Å². The van der Waals surface area contributed by atoms with Gasteiger partial charge in [0, 0.05) is 23.2 Å². The van der Waals surface area contributed by atoms with Gasteiger partial charge in [-0.25, -0.2) is 0 Å². The monoisotopic (exact) mass is 420 g/mol. The Bertz CT molecular complexity index is 1780. The quantitative estimate of drug-likeness (QED) is 0.320. The molecule has 0 aliphatic heterocycles. The van der Waals surface area contributed by atoms with Gasteiger partial charge in [0.2, 0.25) is 0 Å². The van der Waals surface area contributed by atoms with Crippen LogP contribution in [0, 0.1) is 6.92 Å². The van der Waals surface area contributed by atoms with E-state index < -0.39 is 10.1 Å². The number of hydrogen-bond acceptors (Lipinski definition) is 4. The van der Waals surface area contributed by atoms with Crippen molar-refractivity contribution in [1.82, 2.24) is 9.55 Å². The van der Waals surface area contributed by atoms with Gasteiger partial charge in [-0.3, -0.25) is 14.1 Å². The SMILES string of the molecule is Cc1c2[nH]c3c(S(=O)(=O)O)cccc3c(=O)c2cc2c1c(=O)c1ccccc1n2C. The fourth-order valence-corrected chi connectivity index (χ4v) is 4.92. The molecule has 0 radical (unpaired) electrons. The maximum Gasteiger partial charge on any atom is 0.296 e. The highest BCUT2D eigenvalue weighted by Gasteiger charge is 2.20. The lowest BCUT2D eigenvalue weighted by Gasteiger charge is -2.15. The molecule has 7 nitrogen and oxygen atoms in total. The van der Waals surface area contributed by atoms with Gasteiger partial charge in [0.05, 0.1) is 27.5 Å². The fourth-order valence-electron chi connectivity index (χ4n) is 4.25. The van der Waals surface area contributed by atoms with E-state index in [-0.39, 0.29) is 26.7 Å². The van der Waals surface area contributed by atoms with Crippen LogP contribution in [-0.2, 0) is 17.2 Å². The number of hydrogen-bond donors (Lipinski definition) is 2. The number of nitrogens with one attached hydrogen (secondary N) is 1. The minimum Gasteiger partial charge on any atom is -0.353 e. The van der Waals surface area contributed by atoms with Gasteiger partial charge in [-0.1, -0.05) is 18.2 Å². The highest BCUT2D eigenvalue weighted by molar-refractivity contribution is 7.86. The topological polar surface area (TPSA) is 109 Å². The number of benzene rings is 3. The molecule has 0 unspecified atom stereocenters. The molecule has 0 bridgehead atoms. The molecule has 2 heterocycles. The third-order valence-corrected chi connectivity index (χ3v) is 6.59. The van der Waals surface area contributed by atoms with E-state index in [4.69, 9.17) is 0 Å². The summed E-state index contributed by atoms with van der Waals surface area (Å²) in [6, 6.07) is 13.0. The van der Waals surface area contributed by atoms with Crippen molar-refractivity contribution in [3.8, 4) is 0 Å². The summed E-state index contributed by atoms with van der Waals surface area (Å²) in [7, 11) is -2.72. The molecule has 0 aliphatic carbocycles. The van der Waals surface area contributed by atoms with Gasteiger partial charge in [0.25, 0.3) is 10.1 Å². The second kappa shape index (κ2) is 6.01. The first-order valence-electron chi connectivity index (χ1n) is 9.17. The van der Waals surface area contributed by atoms with Crippen molar-refractivity contribution >= 4 is 53.7 Å². The van der Waals surface area contributed by atoms with Crippen molar-refractivity contribution in [3.05, 3.63) is 74.5 Å². The number of aromatic amines is 1. The van der Waals surface area contributed by atoms with Crippen molar-refractivity contribution in [3.63, 3.8) is 0 Å². The van der Waals surface area contributed by atoms with E-state index in [1.807, 2.05) is 23.7 Å². The number of para-hydroxylation sites is 2. The van der Waals surface area contributed by atoms with Gasteiger partial charge in [-0.2, -0.15) is 8.42 Å². The van der Waals surface area contributed by atoms with E-state index >= 15 is 0 Å². The standard InChI is InChI=1S/C22H16N2O5S/c1-11-18-16(24(2)15-8-4-3-6-12(15)22(18)26)10-14-19(11)23-20-13(21(14)25)7-5-9-17(20)30(27,28)29/h3-10H,1-2H3,(H,23,25)(H,27,28,29). The largest absolute Gasteiger partial charge is 0.353 e. The van der Waals surface area contributed by atoms with Crippen molar-refractivity contribution in [1.29, 1.82) is 0 Å². The van der Waals surface area contributed by atoms with Crippen LogP contribution >= 0.6 is 0 Å². The van der Waals surface area contributed by atoms with Crippen LogP contribution in [0.5, 0.6) is 0 Å². The van der Waals surface area contributed by atoms with Crippen LogP contribution in [0.4, 0.5) is 0 Å². The Morgan fingerprint density at radius 2 is 1.57 bits per heavy atom. The average Bonchev–Trinajstić information content (AvgIpc) is 2.71. The summed E-state index contributed by atoms with van der Waals surface area (Å²) in [6.07, 6.45) is 0. The maximum atomic E-state index is 13.2. The lowest BCUT2D eigenvalue weighted by molar-refractivity contribution is 0.484. The molecule has 30 heavy (non-hydrogen) atoms. The average molecular weight is 420 g/mol. The zero-order chi connectivity index (χ0) is 21.4. The highest BCUT2D eigenvalue weighted by Crippen LogP contribution is 2.28. The molecule has 0 saturated heterocycles. The van der Waals surface area contributed by atoms with Crippen LogP contribution in [0.15, 0.2) is 63.0 Å². The predicted molar refractivity (Wildman–Crippen MR) is 117 cm³/mol. The molecule has 0 aliphatic rings. The first-order chi connectivity index (χ1) is 14.2. The smallest absolute Gasteiger partial charge is 0.296 e. The van der Waals surface area contributed by atoms with E-state index in [1.54, 1.807) is 25.1 Å². The molecule has 150 valence electrons. The van der Waals surface area contributed by atoms with Crippen LogP contribution < -0.4 is 10.9 Å². The van der Waals surface area contributed by atoms with Crippen LogP contribution in [0.2, 0.25) is 0 Å². The Hall–Kier alpha value is -3.49. The molecule has 3 aromatic carbocycles. The number of aryl methyl sites for hydroxylation is 2. The molecule has 2 aromatic heterocycles. The van der Waals surface area contributed by atoms with E-state index in [0.29, 0.717) is 32.8 Å². The lowest BCUT2D eigenvalue weighted by atomic mass is 10.00. The van der Waals surface area contributed by atoms with E-state index in [2.05, 4.69) is 4.98 Å². The molecule has 5 rings (SSSR count). The molecular weight excluding hydrogens is 404 g/mol. The first kappa shape index (κ1) is 18.5. The number of fused-ring (bicyclic) bond motifs is 4. The van der Waals surface area contributed by atoms with E-state index in [9.17, 15) is 22.6 Å². The van der Waals surface area contributed by atoms with Crippen molar-refractivity contribution in [2.75, 3.05) is 0 Å². The Kier molecular flexibility index (Phi) is 3.71. The summed E-state index contributed by atoms with van der Waals surface area (Å²) >= 11 is 0. The Morgan fingerprint density at radius 1 is 0.867 bits per heavy atom. The van der Waals surface area contributed by atoms with Crippen molar-refractivity contribution < 1.29 is 13.0 Å². The number of nitrogens with zero attached hydrogens (tertiary/aromatic N) is 1. The van der Waals surface area contributed by atoms with Crippen molar-refractivity contribution in [2.24, 2.45) is 7.05 Å².